The van der Waals surface area contributed by atoms with E-state index in [1.807, 2.05) is 40.6 Å². The first-order valence-corrected chi connectivity index (χ1v) is 10.1. The van der Waals surface area contributed by atoms with Gasteiger partial charge < -0.3 is 10.2 Å². The molecule has 4 rings (SSSR count). The van der Waals surface area contributed by atoms with E-state index >= 15 is 0 Å². The molecule has 0 aliphatic carbocycles. The fraction of sp³-hybridized carbons (Fsp3) is 0.286. The Labute approximate surface area is 163 Å². The van der Waals surface area contributed by atoms with E-state index in [-0.39, 0.29) is 11.8 Å². The standard InChI is InChI=1S/C21H22N4OS/c1-15-5-2-7-17(13-15)23-21-22-10-9-18(24-21)16-6-3-11-25(14-16)20(26)19-8-4-12-27-19/h2,4-5,7-10,12-13,16H,3,6,11,14H2,1H3,(H,22,23,24). The number of aromatic nitrogens is 2. The molecular weight excluding hydrogens is 356 g/mol. The normalized spacial score (nSPS) is 16.9. The van der Waals surface area contributed by atoms with Gasteiger partial charge in [-0.15, -0.1) is 11.3 Å². The largest absolute Gasteiger partial charge is 0.337 e. The molecule has 3 heterocycles. The van der Waals surface area contributed by atoms with Crippen molar-refractivity contribution >= 4 is 28.9 Å². The van der Waals surface area contributed by atoms with Crippen LogP contribution in [0.2, 0.25) is 0 Å². The maximum Gasteiger partial charge on any atom is 0.263 e. The summed E-state index contributed by atoms with van der Waals surface area (Å²) < 4.78 is 0. The first-order valence-electron chi connectivity index (χ1n) is 9.18. The third-order valence-corrected chi connectivity index (χ3v) is 5.67. The van der Waals surface area contributed by atoms with Crippen LogP contribution in [-0.2, 0) is 0 Å². The Morgan fingerprint density at radius 1 is 1.26 bits per heavy atom. The van der Waals surface area contributed by atoms with Crippen molar-refractivity contribution in [1.29, 1.82) is 0 Å². The summed E-state index contributed by atoms with van der Waals surface area (Å²) in [6.45, 7) is 3.58. The van der Waals surface area contributed by atoms with Crippen LogP contribution in [0.1, 0.15) is 39.7 Å². The van der Waals surface area contributed by atoms with Crippen LogP contribution in [-0.4, -0.2) is 33.9 Å². The predicted molar refractivity (Wildman–Crippen MR) is 109 cm³/mol. The maximum atomic E-state index is 12.7. The number of aryl methyl sites for hydroxylation is 1. The van der Waals surface area contributed by atoms with E-state index in [4.69, 9.17) is 4.98 Å². The summed E-state index contributed by atoms with van der Waals surface area (Å²) in [5.74, 6) is 0.963. The number of rotatable bonds is 4. The number of piperidine rings is 1. The molecule has 1 amide bonds. The highest BCUT2D eigenvalue weighted by Gasteiger charge is 2.27. The van der Waals surface area contributed by atoms with Crippen molar-refractivity contribution in [1.82, 2.24) is 14.9 Å². The van der Waals surface area contributed by atoms with Gasteiger partial charge in [0.15, 0.2) is 0 Å². The Bertz CT molecular complexity index is 925. The number of likely N-dealkylation sites (tertiary alicyclic amines) is 1. The molecule has 1 aliphatic heterocycles. The molecule has 0 radical (unpaired) electrons. The van der Waals surface area contributed by atoms with E-state index in [1.54, 1.807) is 6.20 Å². The zero-order valence-electron chi connectivity index (χ0n) is 15.3. The minimum absolute atomic E-state index is 0.127. The molecule has 5 nitrogen and oxygen atoms in total. The number of carbonyl (C=O) groups is 1. The van der Waals surface area contributed by atoms with E-state index in [9.17, 15) is 4.79 Å². The molecule has 1 aromatic carbocycles. The molecule has 0 spiro atoms. The van der Waals surface area contributed by atoms with Crippen molar-refractivity contribution in [2.24, 2.45) is 0 Å². The van der Waals surface area contributed by atoms with Crippen LogP contribution >= 0.6 is 11.3 Å². The molecule has 1 unspecified atom stereocenters. The number of carbonyl (C=O) groups excluding carboxylic acids is 1. The summed E-state index contributed by atoms with van der Waals surface area (Å²) in [6.07, 6.45) is 3.82. The molecule has 1 fully saturated rings. The second-order valence-electron chi connectivity index (χ2n) is 6.87. The van der Waals surface area contributed by atoms with Crippen molar-refractivity contribution in [3.05, 3.63) is 70.2 Å². The van der Waals surface area contributed by atoms with E-state index in [0.717, 1.165) is 35.6 Å². The molecule has 1 aliphatic rings. The number of amides is 1. The van der Waals surface area contributed by atoms with Gasteiger partial charge in [-0.3, -0.25) is 4.79 Å². The smallest absolute Gasteiger partial charge is 0.263 e. The summed E-state index contributed by atoms with van der Waals surface area (Å²) in [5.41, 5.74) is 3.15. The van der Waals surface area contributed by atoms with Crippen LogP contribution < -0.4 is 5.32 Å². The molecule has 0 bridgehead atoms. The van der Waals surface area contributed by atoms with E-state index in [0.29, 0.717) is 12.5 Å². The molecule has 1 atom stereocenters. The van der Waals surface area contributed by atoms with Crippen molar-refractivity contribution in [3.63, 3.8) is 0 Å². The number of benzene rings is 1. The lowest BCUT2D eigenvalue weighted by Gasteiger charge is -2.32. The summed E-state index contributed by atoms with van der Waals surface area (Å²) >= 11 is 1.50. The van der Waals surface area contributed by atoms with Crippen molar-refractivity contribution < 1.29 is 4.79 Å². The lowest BCUT2D eigenvalue weighted by atomic mass is 9.94. The predicted octanol–water partition coefficient (Wildman–Crippen LogP) is 4.61. The Balaban J connectivity index is 1.48. The topological polar surface area (TPSA) is 58.1 Å². The van der Waals surface area contributed by atoms with Crippen LogP contribution in [0.3, 0.4) is 0 Å². The lowest BCUT2D eigenvalue weighted by Crippen LogP contribution is -2.39. The Kier molecular flexibility index (Phi) is 5.16. The first-order chi connectivity index (χ1) is 13.2. The van der Waals surface area contributed by atoms with Crippen LogP contribution in [0.5, 0.6) is 0 Å². The number of thiophene rings is 1. The molecule has 138 valence electrons. The highest BCUT2D eigenvalue weighted by atomic mass is 32.1. The van der Waals surface area contributed by atoms with Crippen LogP contribution in [0.25, 0.3) is 0 Å². The Morgan fingerprint density at radius 2 is 2.19 bits per heavy atom. The van der Waals surface area contributed by atoms with Gasteiger partial charge in [-0.05, 0) is 55.0 Å². The summed E-state index contributed by atoms with van der Waals surface area (Å²) in [4.78, 5) is 24.5. The maximum absolute atomic E-state index is 12.7. The first kappa shape index (κ1) is 17.7. The van der Waals surface area contributed by atoms with Gasteiger partial charge in [-0.1, -0.05) is 18.2 Å². The van der Waals surface area contributed by atoms with Gasteiger partial charge in [0.05, 0.1) is 10.6 Å². The molecule has 1 saturated heterocycles. The number of nitrogens with one attached hydrogen (secondary N) is 1. The highest BCUT2D eigenvalue weighted by Crippen LogP contribution is 2.28. The van der Waals surface area contributed by atoms with Crippen LogP contribution in [0, 0.1) is 6.92 Å². The van der Waals surface area contributed by atoms with Gasteiger partial charge >= 0.3 is 0 Å². The second kappa shape index (κ2) is 7.88. The molecule has 27 heavy (non-hydrogen) atoms. The lowest BCUT2D eigenvalue weighted by molar-refractivity contribution is 0.0711. The number of anilines is 2. The molecule has 2 aromatic heterocycles. The van der Waals surface area contributed by atoms with Gasteiger partial charge in [0.2, 0.25) is 5.95 Å². The molecule has 3 aromatic rings. The van der Waals surface area contributed by atoms with E-state index in [1.165, 1.54) is 16.9 Å². The average molecular weight is 379 g/mol. The zero-order chi connectivity index (χ0) is 18.6. The molecule has 1 N–H and O–H groups in total. The van der Waals surface area contributed by atoms with Gasteiger partial charge in [0, 0.05) is 30.9 Å². The molecule has 0 saturated carbocycles. The van der Waals surface area contributed by atoms with E-state index in [2.05, 4.69) is 29.4 Å². The second-order valence-corrected chi connectivity index (χ2v) is 7.81. The molecular formula is C21H22N4OS. The highest BCUT2D eigenvalue weighted by molar-refractivity contribution is 7.12. The summed E-state index contributed by atoms with van der Waals surface area (Å²) in [7, 11) is 0. The minimum Gasteiger partial charge on any atom is -0.337 e. The van der Waals surface area contributed by atoms with Crippen molar-refractivity contribution in [2.45, 2.75) is 25.7 Å². The number of hydrogen-bond acceptors (Lipinski definition) is 5. The zero-order valence-corrected chi connectivity index (χ0v) is 16.1. The summed E-state index contributed by atoms with van der Waals surface area (Å²) in [6, 6.07) is 13.9. The quantitative estimate of drug-likeness (QED) is 0.720. The van der Waals surface area contributed by atoms with Gasteiger partial charge in [-0.2, -0.15) is 0 Å². The van der Waals surface area contributed by atoms with E-state index < -0.39 is 0 Å². The fourth-order valence-corrected chi connectivity index (χ4v) is 4.16. The monoisotopic (exact) mass is 378 g/mol. The van der Waals surface area contributed by atoms with Crippen LogP contribution in [0.15, 0.2) is 54.0 Å². The Morgan fingerprint density at radius 3 is 3.00 bits per heavy atom. The third-order valence-electron chi connectivity index (χ3n) is 4.81. The number of hydrogen-bond donors (Lipinski definition) is 1. The van der Waals surface area contributed by atoms with Gasteiger partial charge in [0.1, 0.15) is 0 Å². The SMILES string of the molecule is Cc1cccc(Nc2nccc(C3CCCN(C(=O)c4cccs4)C3)n2)c1. The molecule has 6 heteroatoms. The minimum atomic E-state index is 0.127. The third kappa shape index (κ3) is 4.17. The summed E-state index contributed by atoms with van der Waals surface area (Å²) in [5, 5.41) is 5.23. The number of nitrogens with zero attached hydrogens (tertiary/aromatic N) is 3. The van der Waals surface area contributed by atoms with Crippen molar-refractivity contribution in [3.8, 4) is 0 Å². The fourth-order valence-electron chi connectivity index (χ4n) is 3.47. The Hall–Kier alpha value is -2.73. The van der Waals surface area contributed by atoms with Crippen LogP contribution in [0.4, 0.5) is 11.6 Å². The van der Waals surface area contributed by atoms with Gasteiger partial charge in [-0.25, -0.2) is 9.97 Å². The van der Waals surface area contributed by atoms with Gasteiger partial charge in [0.25, 0.3) is 5.91 Å². The average Bonchev–Trinajstić information content (AvgIpc) is 3.23. The van der Waals surface area contributed by atoms with Crippen molar-refractivity contribution in [2.75, 3.05) is 18.4 Å².